The molecule has 0 aliphatic rings. The fraction of sp³-hybridized carbons (Fsp3) is 0.200. The third-order valence-corrected chi connectivity index (χ3v) is 7.32. The van der Waals surface area contributed by atoms with Crippen molar-refractivity contribution in [3.63, 3.8) is 0 Å². The molecule has 5 nitrogen and oxygen atoms in total. The lowest BCUT2D eigenvalue weighted by Crippen LogP contribution is -2.21. The van der Waals surface area contributed by atoms with E-state index in [-0.39, 0.29) is 23.4 Å². The number of esters is 1. The van der Waals surface area contributed by atoms with Crippen LogP contribution in [0.5, 0.6) is 5.75 Å². The van der Waals surface area contributed by atoms with Crippen LogP contribution in [0, 0.1) is 12.7 Å². The third kappa shape index (κ3) is 5.73. The first-order chi connectivity index (χ1) is 17.7. The fourth-order valence-corrected chi connectivity index (χ4v) is 5.28. The van der Waals surface area contributed by atoms with Crippen LogP contribution in [-0.4, -0.2) is 25.6 Å². The molecule has 0 bridgehead atoms. The minimum atomic E-state index is -0.587. The average molecular weight is 518 g/mol. The minimum absolute atomic E-state index is 0.180. The van der Waals surface area contributed by atoms with Gasteiger partial charge in [0.1, 0.15) is 22.1 Å². The van der Waals surface area contributed by atoms with E-state index in [4.69, 9.17) is 9.47 Å². The highest BCUT2D eigenvalue weighted by atomic mass is 32.1. The van der Waals surface area contributed by atoms with Crippen molar-refractivity contribution in [2.24, 2.45) is 0 Å². The van der Waals surface area contributed by atoms with Crippen LogP contribution in [-0.2, 0) is 14.9 Å². The van der Waals surface area contributed by atoms with Gasteiger partial charge >= 0.3 is 5.97 Å². The molecule has 1 amide bonds. The summed E-state index contributed by atoms with van der Waals surface area (Å²) in [6.45, 7) is 5.92. The maximum atomic E-state index is 13.4. The summed E-state index contributed by atoms with van der Waals surface area (Å²) in [7, 11) is 1.28. The van der Waals surface area contributed by atoms with E-state index in [1.807, 2.05) is 49.4 Å². The van der Waals surface area contributed by atoms with Crippen molar-refractivity contribution in [2.45, 2.75) is 26.2 Å². The van der Waals surface area contributed by atoms with E-state index in [2.05, 4.69) is 31.3 Å². The van der Waals surface area contributed by atoms with E-state index in [1.54, 1.807) is 12.1 Å². The number of rotatable bonds is 8. The number of methoxy groups -OCH3 is 1. The highest BCUT2D eigenvalue weighted by Gasteiger charge is 2.26. The van der Waals surface area contributed by atoms with E-state index in [0.29, 0.717) is 21.9 Å². The Balaban J connectivity index is 1.47. The van der Waals surface area contributed by atoms with Crippen LogP contribution < -0.4 is 10.1 Å². The molecule has 0 saturated carbocycles. The number of amides is 1. The number of carbonyl (C=O) groups is 2. The molecule has 0 fully saturated rings. The van der Waals surface area contributed by atoms with E-state index in [9.17, 15) is 14.0 Å². The van der Waals surface area contributed by atoms with Crippen LogP contribution in [0.3, 0.4) is 0 Å². The maximum absolute atomic E-state index is 13.4. The SMILES string of the molecule is COC(=O)c1c(NC(=O)COc2ccc(C(C)(C)c3ccccc3)cc2)sc(C)c1-c1ccc(F)cc1. The van der Waals surface area contributed by atoms with Gasteiger partial charge in [-0.3, -0.25) is 4.79 Å². The highest BCUT2D eigenvalue weighted by molar-refractivity contribution is 7.17. The van der Waals surface area contributed by atoms with Gasteiger partial charge in [0.2, 0.25) is 0 Å². The van der Waals surface area contributed by atoms with Crippen LogP contribution in [0.1, 0.15) is 40.2 Å². The Kier molecular flexibility index (Phi) is 7.74. The van der Waals surface area contributed by atoms with E-state index in [1.165, 1.54) is 36.1 Å². The monoisotopic (exact) mass is 517 g/mol. The van der Waals surface area contributed by atoms with Crippen molar-refractivity contribution in [1.29, 1.82) is 0 Å². The Morgan fingerprint density at radius 3 is 2.16 bits per heavy atom. The Morgan fingerprint density at radius 2 is 1.54 bits per heavy atom. The molecule has 0 saturated heterocycles. The third-order valence-electron chi connectivity index (χ3n) is 6.30. The first-order valence-electron chi connectivity index (χ1n) is 11.8. The Labute approximate surface area is 219 Å². The van der Waals surface area contributed by atoms with Gasteiger partial charge in [-0.25, -0.2) is 9.18 Å². The number of ether oxygens (including phenoxy) is 2. The first-order valence-corrected chi connectivity index (χ1v) is 12.6. The van der Waals surface area contributed by atoms with Crippen molar-refractivity contribution < 1.29 is 23.5 Å². The van der Waals surface area contributed by atoms with Crippen molar-refractivity contribution in [1.82, 2.24) is 0 Å². The van der Waals surface area contributed by atoms with Gasteiger partial charge in [-0.1, -0.05) is 68.4 Å². The standard InChI is InChI=1S/C30H28FNO4S/c1-19-26(20-10-14-23(31)15-11-20)27(29(34)35-4)28(37-19)32-25(33)18-36-24-16-12-22(13-17-24)30(2,3)21-8-6-5-7-9-21/h5-17H,18H2,1-4H3,(H,32,33). The number of carbonyl (C=O) groups excluding carboxylic acids is 2. The second-order valence-electron chi connectivity index (χ2n) is 9.09. The van der Waals surface area contributed by atoms with Crippen molar-refractivity contribution >= 4 is 28.2 Å². The molecule has 1 heterocycles. The van der Waals surface area contributed by atoms with Crippen molar-refractivity contribution in [3.05, 3.63) is 106 Å². The molecule has 1 N–H and O–H groups in total. The van der Waals surface area contributed by atoms with Gasteiger partial charge < -0.3 is 14.8 Å². The Hall–Kier alpha value is -3.97. The zero-order valence-electron chi connectivity index (χ0n) is 21.1. The zero-order chi connectivity index (χ0) is 26.6. The maximum Gasteiger partial charge on any atom is 0.341 e. The predicted molar refractivity (Wildman–Crippen MR) is 145 cm³/mol. The van der Waals surface area contributed by atoms with Crippen molar-refractivity contribution in [2.75, 3.05) is 19.0 Å². The summed E-state index contributed by atoms with van der Waals surface area (Å²) in [4.78, 5) is 26.1. The normalized spacial score (nSPS) is 11.2. The lowest BCUT2D eigenvalue weighted by Gasteiger charge is -2.26. The van der Waals surface area contributed by atoms with E-state index in [0.717, 1.165) is 10.4 Å². The molecule has 3 aromatic carbocycles. The molecule has 4 aromatic rings. The largest absolute Gasteiger partial charge is 0.484 e. The van der Waals surface area contributed by atoms with Crippen LogP contribution in [0.4, 0.5) is 9.39 Å². The summed E-state index contributed by atoms with van der Waals surface area (Å²) < 4.78 is 24.1. The molecule has 0 radical (unpaired) electrons. The molecule has 0 unspecified atom stereocenters. The van der Waals surface area contributed by atoms with Gasteiger partial charge in [-0.2, -0.15) is 0 Å². The number of anilines is 1. The van der Waals surface area contributed by atoms with Gasteiger partial charge in [-0.15, -0.1) is 11.3 Å². The first kappa shape index (κ1) is 26.1. The molecule has 0 aliphatic carbocycles. The molecule has 190 valence electrons. The zero-order valence-corrected chi connectivity index (χ0v) is 21.9. The fourth-order valence-electron chi connectivity index (χ4n) is 4.19. The number of hydrogen-bond donors (Lipinski definition) is 1. The number of hydrogen-bond acceptors (Lipinski definition) is 5. The number of benzene rings is 3. The summed E-state index contributed by atoms with van der Waals surface area (Å²) in [5.74, 6) is -0.814. The lowest BCUT2D eigenvalue weighted by atomic mass is 9.78. The van der Waals surface area contributed by atoms with Crippen LogP contribution in [0.25, 0.3) is 11.1 Å². The Morgan fingerprint density at radius 1 is 0.919 bits per heavy atom. The lowest BCUT2D eigenvalue weighted by molar-refractivity contribution is -0.118. The number of nitrogens with one attached hydrogen (secondary N) is 1. The summed E-state index contributed by atoms with van der Waals surface area (Å²) in [5, 5.41) is 3.13. The Bertz CT molecular complexity index is 1390. The molecular formula is C30H28FNO4S. The minimum Gasteiger partial charge on any atom is -0.484 e. The average Bonchev–Trinajstić information content (AvgIpc) is 3.23. The van der Waals surface area contributed by atoms with E-state index < -0.39 is 11.9 Å². The number of halogens is 1. The highest BCUT2D eigenvalue weighted by Crippen LogP contribution is 2.40. The summed E-state index contributed by atoms with van der Waals surface area (Å²) in [6.07, 6.45) is 0. The van der Waals surface area contributed by atoms with Crippen LogP contribution in [0.2, 0.25) is 0 Å². The van der Waals surface area contributed by atoms with Gasteiger partial charge in [0.15, 0.2) is 6.61 Å². The van der Waals surface area contributed by atoms with Gasteiger partial charge in [-0.05, 0) is 47.9 Å². The number of aryl methyl sites for hydroxylation is 1. The summed E-state index contributed by atoms with van der Waals surface area (Å²) in [6, 6.07) is 23.8. The molecule has 4 rings (SSSR count). The summed E-state index contributed by atoms with van der Waals surface area (Å²) >= 11 is 1.25. The smallest absolute Gasteiger partial charge is 0.341 e. The molecule has 37 heavy (non-hydrogen) atoms. The molecule has 0 atom stereocenters. The predicted octanol–water partition coefficient (Wildman–Crippen LogP) is 6.99. The van der Waals surface area contributed by atoms with Crippen molar-refractivity contribution in [3.8, 4) is 16.9 Å². The van der Waals surface area contributed by atoms with Crippen LogP contribution in [0.15, 0.2) is 78.9 Å². The topological polar surface area (TPSA) is 64.6 Å². The second kappa shape index (κ2) is 11.0. The quantitative estimate of drug-likeness (QED) is 0.256. The molecule has 7 heteroatoms. The number of thiophene rings is 1. The second-order valence-corrected chi connectivity index (χ2v) is 10.3. The summed E-state index contributed by atoms with van der Waals surface area (Å²) in [5.41, 5.74) is 3.64. The van der Waals surface area contributed by atoms with E-state index >= 15 is 0 Å². The van der Waals surface area contributed by atoms with Crippen LogP contribution >= 0.6 is 11.3 Å². The molecule has 0 aliphatic heterocycles. The van der Waals surface area contributed by atoms with Gasteiger partial charge in [0.05, 0.1) is 7.11 Å². The molecule has 0 spiro atoms. The molecular weight excluding hydrogens is 489 g/mol. The van der Waals surface area contributed by atoms with Gasteiger partial charge in [0, 0.05) is 15.9 Å². The van der Waals surface area contributed by atoms with Gasteiger partial charge in [0.25, 0.3) is 5.91 Å². The molecule has 1 aromatic heterocycles.